The fraction of sp³-hybridized carbons (Fsp3) is 0.714. The van der Waals surface area contributed by atoms with Gasteiger partial charge in [0.2, 0.25) is 0 Å². The second-order valence-corrected chi connectivity index (χ2v) is 6.27. The van der Waals surface area contributed by atoms with E-state index in [1.165, 1.54) is 0 Å². The lowest BCUT2D eigenvalue weighted by atomic mass is 9.93. The predicted octanol–water partition coefficient (Wildman–Crippen LogP) is 1.82. The van der Waals surface area contributed by atoms with Crippen LogP contribution in [0.4, 0.5) is 0 Å². The molecule has 106 valence electrons. The van der Waals surface area contributed by atoms with Crippen molar-refractivity contribution in [1.82, 2.24) is 10.1 Å². The zero-order valence-electron chi connectivity index (χ0n) is 11.8. The molecule has 19 heavy (non-hydrogen) atoms. The van der Waals surface area contributed by atoms with Crippen molar-refractivity contribution in [3.63, 3.8) is 0 Å². The Morgan fingerprint density at radius 2 is 2.32 bits per heavy atom. The molecule has 1 N–H and O–H groups in total. The van der Waals surface area contributed by atoms with Gasteiger partial charge in [-0.1, -0.05) is 25.9 Å². The summed E-state index contributed by atoms with van der Waals surface area (Å²) in [6.07, 6.45) is 1.91. The molecule has 0 saturated carbocycles. The summed E-state index contributed by atoms with van der Waals surface area (Å²) in [5.74, 6) is 0.802. The lowest BCUT2D eigenvalue weighted by Gasteiger charge is -2.31. The molecular formula is C14H22N2O3. The van der Waals surface area contributed by atoms with Gasteiger partial charge in [0.15, 0.2) is 5.69 Å². The van der Waals surface area contributed by atoms with Gasteiger partial charge in [-0.05, 0) is 18.8 Å². The van der Waals surface area contributed by atoms with Crippen molar-refractivity contribution in [3.05, 3.63) is 17.5 Å². The average Bonchev–Trinajstić information content (AvgIpc) is 2.87. The summed E-state index contributed by atoms with van der Waals surface area (Å²) in [5, 5.41) is 13.1. The number of nitrogens with zero attached hydrogens (tertiary/aromatic N) is 2. The van der Waals surface area contributed by atoms with Gasteiger partial charge in [-0.25, -0.2) is 0 Å². The molecule has 0 spiro atoms. The monoisotopic (exact) mass is 266 g/mol. The molecule has 1 fully saturated rings. The highest BCUT2D eigenvalue weighted by atomic mass is 16.5. The molecule has 1 aliphatic rings. The van der Waals surface area contributed by atoms with Crippen LogP contribution in [0.5, 0.6) is 0 Å². The number of hydrogen-bond acceptors (Lipinski definition) is 4. The Labute approximate surface area is 113 Å². The van der Waals surface area contributed by atoms with Gasteiger partial charge in [0, 0.05) is 31.2 Å². The Morgan fingerprint density at radius 3 is 2.89 bits per heavy atom. The molecule has 2 heterocycles. The standard InChI is InChI=1S/C14H22N2O3/c1-14(2,3)12-7-11(15-19-12)13(18)16-6-4-5-10(8-16)9-17/h7,10,17H,4-6,8-9H2,1-3H3. The number of piperidine rings is 1. The topological polar surface area (TPSA) is 66.6 Å². The number of carbonyl (C=O) groups is 1. The molecule has 0 bridgehead atoms. The van der Waals surface area contributed by atoms with E-state index in [1.54, 1.807) is 11.0 Å². The summed E-state index contributed by atoms with van der Waals surface area (Å²) in [4.78, 5) is 14.1. The predicted molar refractivity (Wildman–Crippen MR) is 70.9 cm³/mol. The van der Waals surface area contributed by atoms with Crippen LogP contribution in [0.1, 0.15) is 49.9 Å². The van der Waals surface area contributed by atoms with Gasteiger partial charge in [0.25, 0.3) is 5.91 Å². The quantitative estimate of drug-likeness (QED) is 0.886. The molecule has 1 aromatic rings. The first-order valence-electron chi connectivity index (χ1n) is 6.79. The van der Waals surface area contributed by atoms with Crippen LogP contribution in [0.3, 0.4) is 0 Å². The van der Waals surface area contributed by atoms with Crippen LogP contribution in [0.2, 0.25) is 0 Å². The normalized spacial score (nSPS) is 20.6. The maximum atomic E-state index is 12.3. The van der Waals surface area contributed by atoms with Gasteiger partial charge in [-0.2, -0.15) is 0 Å². The fourth-order valence-corrected chi connectivity index (χ4v) is 2.29. The van der Waals surface area contributed by atoms with Crippen LogP contribution in [0.25, 0.3) is 0 Å². The lowest BCUT2D eigenvalue weighted by Crippen LogP contribution is -2.41. The minimum atomic E-state index is -0.152. The van der Waals surface area contributed by atoms with Gasteiger partial charge in [0.1, 0.15) is 5.76 Å². The number of amides is 1. The molecule has 5 heteroatoms. The van der Waals surface area contributed by atoms with E-state index in [9.17, 15) is 9.90 Å². The minimum Gasteiger partial charge on any atom is -0.396 e. The van der Waals surface area contributed by atoms with Gasteiger partial charge >= 0.3 is 0 Å². The molecule has 5 nitrogen and oxygen atoms in total. The van der Waals surface area contributed by atoms with Crippen molar-refractivity contribution < 1.29 is 14.4 Å². The lowest BCUT2D eigenvalue weighted by molar-refractivity contribution is 0.0610. The molecule has 1 amide bonds. The second-order valence-electron chi connectivity index (χ2n) is 6.27. The first-order valence-corrected chi connectivity index (χ1v) is 6.79. The first kappa shape index (κ1) is 14.1. The Morgan fingerprint density at radius 1 is 1.58 bits per heavy atom. The van der Waals surface area contributed by atoms with E-state index in [1.807, 2.05) is 20.8 Å². The maximum Gasteiger partial charge on any atom is 0.276 e. The van der Waals surface area contributed by atoms with E-state index in [0.29, 0.717) is 18.0 Å². The zero-order chi connectivity index (χ0) is 14.0. The van der Waals surface area contributed by atoms with Crippen molar-refractivity contribution in [3.8, 4) is 0 Å². The van der Waals surface area contributed by atoms with Crippen molar-refractivity contribution in [2.45, 2.75) is 39.0 Å². The van der Waals surface area contributed by atoms with Crippen LogP contribution in [-0.2, 0) is 5.41 Å². The van der Waals surface area contributed by atoms with Crippen molar-refractivity contribution >= 4 is 5.91 Å². The highest BCUT2D eigenvalue weighted by Gasteiger charge is 2.28. The van der Waals surface area contributed by atoms with Gasteiger partial charge in [0.05, 0.1) is 0 Å². The maximum absolute atomic E-state index is 12.3. The molecule has 2 rings (SSSR count). The molecule has 1 atom stereocenters. The van der Waals surface area contributed by atoms with Crippen LogP contribution >= 0.6 is 0 Å². The summed E-state index contributed by atoms with van der Waals surface area (Å²) < 4.78 is 5.25. The zero-order valence-corrected chi connectivity index (χ0v) is 11.8. The molecule has 0 aliphatic carbocycles. The number of aliphatic hydroxyl groups excluding tert-OH is 1. The molecule has 1 unspecified atom stereocenters. The van der Waals surface area contributed by atoms with Crippen LogP contribution in [-0.4, -0.2) is 40.8 Å². The third-order valence-electron chi connectivity index (χ3n) is 3.53. The minimum absolute atomic E-state index is 0.0996. The summed E-state index contributed by atoms with van der Waals surface area (Å²) in [6, 6.07) is 1.73. The molecule has 1 saturated heterocycles. The summed E-state index contributed by atoms with van der Waals surface area (Å²) >= 11 is 0. The van der Waals surface area contributed by atoms with Gasteiger partial charge in [-0.15, -0.1) is 0 Å². The highest BCUT2D eigenvalue weighted by Crippen LogP contribution is 2.24. The number of hydrogen-bond donors (Lipinski definition) is 1. The third kappa shape index (κ3) is 3.15. The smallest absolute Gasteiger partial charge is 0.276 e. The first-order chi connectivity index (χ1) is 8.91. The van der Waals surface area contributed by atoms with E-state index in [2.05, 4.69) is 5.16 Å². The number of aromatic nitrogens is 1. The summed E-state index contributed by atoms with van der Waals surface area (Å²) in [6.45, 7) is 7.52. The van der Waals surface area contributed by atoms with E-state index >= 15 is 0 Å². The summed E-state index contributed by atoms with van der Waals surface area (Å²) in [7, 11) is 0. The number of likely N-dealkylation sites (tertiary alicyclic amines) is 1. The van der Waals surface area contributed by atoms with Crippen LogP contribution in [0.15, 0.2) is 10.6 Å². The molecule has 1 aromatic heterocycles. The van der Waals surface area contributed by atoms with E-state index in [-0.39, 0.29) is 23.8 Å². The second kappa shape index (κ2) is 5.33. The highest BCUT2D eigenvalue weighted by molar-refractivity contribution is 5.92. The number of rotatable bonds is 2. The van der Waals surface area contributed by atoms with Crippen molar-refractivity contribution in [2.75, 3.05) is 19.7 Å². The largest absolute Gasteiger partial charge is 0.396 e. The van der Waals surface area contributed by atoms with Crippen LogP contribution < -0.4 is 0 Å². The summed E-state index contributed by atoms with van der Waals surface area (Å²) in [5.41, 5.74) is 0.213. The molecule has 1 aliphatic heterocycles. The fourth-order valence-electron chi connectivity index (χ4n) is 2.29. The average molecular weight is 266 g/mol. The molecule has 0 aromatic carbocycles. The Bertz CT molecular complexity index is 448. The van der Waals surface area contributed by atoms with Crippen molar-refractivity contribution in [2.24, 2.45) is 5.92 Å². The number of carbonyl (C=O) groups excluding carboxylic acids is 1. The van der Waals surface area contributed by atoms with E-state index < -0.39 is 0 Å². The number of aliphatic hydroxyl groups is 1. The molecule has 0 radical (unpaired) electrons. The SMILES string of the molecule is CC(C)(C)c1cc(C(=O)N2CCCC(CO)C2)no1. The van der Waals surface area contributed by atoms with E-state index in [4.69, 9.17) is 4.52 Å². The molecular weight excluding hydrogens is 244 g/mol. The van der Waals surface area contributed by atoms with Crippen molar-refractivity contribution in [1.29, 1.82) is 0 Å². The van der Waals surface area contributed by atoms with E-state index in [0.717, 1.165) is 19.4 Å². The third-order valence-corrected chi connectivity index (χ3v) is 3.53. The Balaban J connectivity index is 2.09. The Kier molecular flexibility index (Phi) is 3.94. The van der Waals surface area contributed by atoms with Gasteiger partial charge in [-0.3, -0.25) is 4.79 Å². The van der Waals surface area contributed by atoms with Crippen LogP contribution in [0, 0.1) is 5.92 Å². The van der Waals surface area contributed by atoms with Gasteiger partial charge < -0.3 is 14.5 Å². The Hall–Kier alpha value is -1.36.